The number of unbranched alkanes of at least 4 members (excludes halogenated alkanes) is 1. The lowest BCUT2D eigenvalue weighted by Crippen LogP contribution is -2.57. The molecule has 5 nitrogen and oxygen atoms in total. The Kier molecular flexibility index (Phi) is 6.83. The number of carbonyl (C=O) groups is 1. The van der Waals surface area contributed by atoms with Crippen LogP contribution in [0.5, 0.6) is 0 Å². The Morgan fingerprint density at radius 3 is 2.74 bits per heavy atom. The van der Waals surface area contributed by atoms with Crippen LogP contribution in [-0.4, -0.2) is 60.5 Å². The third-order valence-electron chi connectivity index (χ3n) is 5.57. The SMILES string of the molecule is CCCCC1CN(C(=O)c2cccc3ccccc23)CCN1CC(N)CN. The smallest absolute Gasteiger partial charge is 0.254 e. The number of nitrogens with zero attached hydrogens (tertiary/aromatic N) is 2. The van der Waals surface area contributed by atoms with Gasteiger partial charge in [-0.15, -0.1) is 0 Å². The number of amides is 1. The van der Waals surface area contributed by atoms with Gasteiger partial charge in [-0.2, -0.15) is 0 Å². The van der Waals surface area contributed by atoms with Gasteiger partial charge >= 0.3 is 0 Å². The van der Waals surface area contributed by atoms with E-state index in [0.29, 0.717) is 12.6 Å². The molecule has 2 unspecified atom stereocenters. The highest BCUT2D eigenvalue weighted by atomic mass is 16.2. The summed E-state index contributed by atoms with van der Waals surface area (Å²) in [5, 5.41) is 2.14. The van der Waals surface area contributed by atoms with Crippen molar-refractivity contribution in [2.24, 2.45) is 11.5 Å². The average molecular weight is 369 g/mol. The molecule has 5 heteroatoms. The third kappa shape index (κ3) is 4.67. The fourth-order valence-corrected chi connectivity index (χ4v) is 3.99. The zero-order valence-electron chi connectivity index (χ0n) is 16.3. The normalized spacial score (nSPS) is 19.4. The maximum Gasteiger partial charge on any atom is 0.254 e. The first-order chi connectivity index (χ1) is 13.1. The van der Waals surface area contributed by atoms with E-state index in [1.807, 2.05) is 35.2 Å². The molecule has 0 spiro atoms. The maximum atomic E-state index is 13.3. The third-order valence-corrected chi connectivity index (χ3v) is 5.57. The van der Waals surface area contributed by atoms with E-state index in [-0.39, 0.29) is 11.9 Å². The predicted octanol–water partition coefficient (Wildman–Crippen LogP) is 2.44. The molecule has 0 aromatic heterocycles. The molecule has 0 bridgehead atoms. The molecule has 1 heterocycles. The van der Waals surface area contributed by atoms with Gasteiger partial charge < -0.3 is 16.4 Å². The van der Waals surface area contributed by atoms with Crippen molar-refractivity contribution in [3.05, 3.63) is 48.0 Å². The molecule has 146 valence electrons. The summed E-state index contributed by atoms with van der Waals surface area (Å²) in [6, 6.07) is 14.4. The highest BCUT2D eigenvalue weighted by molar-refractivity contribution is 6.07. The Hall–Kier alpha value is -1.95. The fraction of sp³-hybridized carbons (Fsp3) is 0.500. The number of benzene rings is 2. The van der Waals surface area contributed by atoms with Crippen LogP contribution >= 0.6 is 0 Å². The Morgan fingerprint density at radius 2 is 1.96 bits per heavy atom. The van der Waals surface area contributed by atoms with Crippen molar-refractivity contribution < 1.29 is 4.79 Å². The minimum atomic E-state index is -0.00514. The van der Waals surface area contributed by atoms with E-state index in [4.69, 9.17) is 11.5 Å². The van der Waals surface area contributed by atoms with E-state index in [9.17, 15) is 4.79 Å². The van der Waals surface area contributed by atoms with E-state index >= 15 is 0 Å². The molecular weight excluding hydrogens is 336 g/mol. The summed E-state index contributed by atoms with van der Waals surface area (Å²) in [4.78, 5) is 17.7. The summed E-state index contributed by atoms with van der Waals surface area (Å²) in [7, 11) is 0. The molecule has 1 fully saturated rings. The summed E-state index contributed by atoms with van der Waals surface area (Å²) >= 11 is 0. The van der Waals surface area contributed by atoms with E-state index in [1.165, 1.54) is 0 Å². The average Bonchev–Trinajstić information content (AvgIpc) is 2.71. The Labute approximate surface area is 162 Å². The molecular formula is C22H32N4O. The van der Waals surface area contributed by atoms with Gasteiger partial charge in [0.25, 0.3) is 5.91 Å². The number of hydrogen-bond acceptors (Lipinski definition) is 4. The number of nitrogens with two attached hydrogens (primary N) is 2. The summed E-state index contributed by atoms with van der Waals surface area (Å²) in [6.07, 6.45) is 3.41. The molecule has 0 aliphatic carbocycles. The molecule has 0 saturated carbocycles. The van der Waals surface area contributed by atoms with Crippen LogP contribution < -0.4 is 11.5 Å². The first-order valence-corrected chi connectivity index (χ1v) is 10.1. The first-order valence-electron chi connectivity index (χ1n) is 10.1. The van der Waals surface area contributed by atoms with Crippen molar-refractivity contribution in [2.75, 3.05) is 32.7 Å². The van der Waals surface area contributed by atoms with Gasteiger partial charge in [-0.1, -0.05) is 56.2 Å². The lowest BCUT2D eigenvalue weighted by atomic mass is 10.0. The van der Waals surface area contributed by atoms with Crippen molar-refractivity contribution >= 4 is 16.7 Å². The van der Waals surface area contributed by atoms with Crippen LogP contribution in [0.15, 0.2) is 42.5 Å². The highest BCUT2D eigenvalue weighted by Crippen LogP contribution is 2.23. The summed E-state index contributed by atoms with van der Waals surface area (Å²) in [5.74, 6) is 0.135. The minimum Gasteiger partial charge on any atom is -0.336 e. The second-order valence-corrected chi connectivity index (χ2v) is 7.56. The van der Waals surface area contributed by atoms with Crippen molar-refractivity contribution in [1.29, 1.82) is 0 Å². The maximum absolute atomic E-state index is 13.3. The predicted molar refractivity (Wildman–Crippen MR) is 112 cm³/mol. The molecule has 0 radical (unpaired) electrons. The minimum absolute atomic E-state index is 0.00514. The number of piperazine rings is 1. The second-order valence-electron chi connectivity index (χ2n) is 7.56. The van der Waals surface area contributed by atoms with E-state index < -0.39 is 0 Å². The van der Waals surface area contributed by atoms with Gasteiger partial charge in [-0.3, -0.25) is 9.69 Å². The van der Waals surface area contributed by atoms with Crippen LogP contribution in [0.3, 0.4) is 0 Å². The molecule has 1 amide bonds. The standard InChI is InChI=1S/C22H32N4O/c1-2-3-9-19-16-26(13-12-25(19)15-18(24)14-23)22(27)21-11-6-8-17-7-4-5-10-20(17)21/h4-8,10-11,18-19H,2-3,9,12-16,23-24H2,1H3. The van der Waals surface area contributed by atoms with Crippen molar-refractivity contribution in [3.8, 4) is 0 Å². The van der Waals surface area contributed by atoms with Gasteiger partial charge in [-0.25, -0.2) is 0 Å². The van der Waals surface area contributed by atoms with Gasteiger partial charge in [0.15, 0.2) is 0 Å². The molecule has 2 atom stereocenters. The number of rotatable bonds is 7. The van der Waals surface area contributed by atoms with Gasteiger partial charge in [0, 0.05) is 50.4 Å². The monoisotopic (exact) mass is 368 g/mol. The molecule has 2 aromatic rings. The molecule has 1 aliphatic heterocycles. The number of fused-ring (bicyclic) bond motifs is 1. The van der Waals surface area contributed by atoms with E-state index in [0.717, 1.165) is 61.8 Å². The molecule has 2 aromatic carbocycles. The van der Waals surface area contributed by atoms with Crippen LogP contribution in [0.1, 0.15) is 36.5 Å². The van der Waals surface area contributed by atoms with Gasteiger partial charge in [0.1, 0.15) is 0 Å². The van der Waals surface area contributed by atoms with E-state index in [2.05, 4.69) is 24.0 Å². The van der Waals surface area contributed by atoms with Gasteiger partial charge in [0.05, 0.1) is 0 Å². The lowest BCUT2D eigenvalue weighted by molar-refractivity contribution is 0.0446. The first kappa shape index (κ1) is 19.8. The van der Waals surface area contributed by atoms with Crippen molar-refractivity contribution in [3.63, 3.8) is 0 Å². The summed E-state index contributed by atoms with van der Waals surface area (Å²) < 4.78 is 0. The second kappa shape index (κ2) is 9.31. The fourth-order valence-electron chi connectivity index (χ4n) is 3.99. The topological polar surface area (TPSA) is 75.6 Å². The Balaban J connectivity index is 1.77. The van der Waals surface area contributed by atoms with Crippen LogP contribution in [0.4, 0.5) is 0 Å². The van der Waals surface area contributed by atoms with Crippen LogP contribution in [0.2, 0.25) is 0 Å². The summed E-state index contributed by atoms with van der Waals surface area (Å²) in [6.45, 7) is 5.87. The number of carbonyl (C=O) groups excluding carboxylic acids is 1. The Morgan fingerprint density at radius 1 is 1.19 bits per heavy atom. The van der Waals surface area contributed by atoms with E-state index in [1.54, 1.807) is 0 Å². The molecule has 27 heavy (non-hydrogen) atoms. The van der Waals surface area contributed by atoms with Crippen molar-refractivity contribution in [2.45, 2.75) is 38.3 Å². The largest absolute Gasteiger partial charge is 0.336 e. The van der Waals surface area contributed by atoms with Crippen LogP contribution in [0, 0.1) is 0 Å². The molecule has 1 aliphatic rings. The lowest BCUT2D eigenvalue weighted by Gasteiger charge is -2.42. The summed E-state index contributed by atoms with van der Waals surface area (Å²) in [5.41, 5.74) is 12.6. The molecule has 4 N–H and O–H groups in total. The highest BCUT2D eigenvalue weighted by Gasteiger charge is 2.30. The zero-order chi connectivity index (χ0) is 19.2. The van der Waals surface area contributed by atoms with Gasteiger partial charge in [0.2, 0.25) is 0 Å². The molecule has 3 rings (SSSR count). The van der Waals surface area contributed by atoms with Gasteiger partial charge in [-0.05, 0) is 23.3 Å². The van der Waals surface area contributed by atoms with Crippen LogP contribution in [-0.2, 0) is 0 Å². The quantitative estimate of drug-likeness (QED) is 0.787. The van der Waals surface area contributed by atoms with Crippen molar-refractivity contribution in [1.82, 2.24) is 9.80 Å². The molecule has 1 saturated heterocycles. The Bertz CT molecular complexity index is 758. The number of hydrogen-bond donors (Lipinski definition) is 2. The van der Waals surface area contributed by atoms with Crippen LogP contribution in [0.25, 0.3) is 10.8 Å². The zero-order valence-corrected chi connectivity index (χ0v) is 16.3.